The fraction of sp³-hybridized carbons (Fsp3) is 0.609. The van der Waals surface area contributed by atoms with Crippen molar-refractivity contribution in [2.45, 2.75) is 63.5 Å². The average Bonchev–Trinajstić information content (AvgIpc) is 3.16. The molecule has 2 heterocycles. The summed E-state index contributed by atoms with van der Waals surface area (Å²) >= 11 is 5.93. The highest BCUT2D eigenvalue weighted by atomic mass is 35.5. The van der Waals surface area contributed by atoms with Crippen molar-refractivity contribution in [3.05, 3.63) is 29.3 Å². The number of rotatable bonds is 4. The monoisotopic (exact) mass is 446 g/mol. The van der Waals surface area contributed by atoms with Crippen LogP contribution in [0.5, 0.6) is 0 Å². The van der Waals surface area contributed by atoms with Gasteiger partial charge in [0.15, 0.2) is 0 Å². The molecule has 1 aromatic carbocycles. The molecule has 0 bridgehead atoms. The second kappa shape index (κ2) is 9.90. The molecule has 1 aliphatic carbocycles. The second-order valence-corrected chi connectivity index (χ2v) is 9.30. The number of likely N-dealkylation sites (tertiary alicyclic amines) is 1. The standard InChI is InChI=1S/C23H31ClN4O3/c24-16-6-8-19(9-7-16)28-15-12-20(22(28)30)21(29)27-13-10-18(11-14-27)26-23(31)25-17-4-2-1-3-5-17/h6-9,17-18,20H,1-5,10-15H2,(H2,25,26,31). The first kappa shape index (κ1) is 21.9. The van der Waals surface area contributed by atoms with E-state index >= 15 is 0 Å². The maximum Gasteiger partial charge on any atom is 0.315 e. The molecule has 4 amide bonds. The summed E-state index contributed by atoms with van der Waals surface area (Å²) in [5, 5.41) is 6.77. The summed E-state index contributed by atoms with van der Waals surface area (Å²) in [6.07, 6.45) is 7.69. The molecule has 1 aromatic rings. The topological polar surface area (TPSA) is 81.8 Å². The third-order valence-corrected chi connectivity index (χ3v) is 6.98. The molecule has 1 unspecified atom stereocenters. The Kier molecular flexibility index (Phi) is 7.00. The normalized spacial score (nSPS) is 23.1. The Morgan fingerprint density at radius 3 is 2.10 bits per heavy atom. The zero-order valence-electron chi connectivity index (χ0n) is 17.8. The minimum Gasteiger partial charge on any atom is -0.342 e. The van der Waals surface area contributed by atoms with Crippen molar-refractivity contribution in [2.24, 2.45) is 5.92 Å². The van der Waals surface area contributed by atoms with E-state index in [1.165, 1.54) is 19.3 Å². The fourth-order valence-electron chi connectivity index (χ4n) is 4.91. The second-order valence-electron chi connectivity index (χ2n) is 8.86. The van der Waals surface area contributed by atoms with Crippen LogP contribution in [0.15, 0.2) is 24.3 Å². The van der Waals surface area contributed by atoms with Crippen LogP contribution < -0.4 is 15.5 Å². The van der Waals surface area contributed by atoms with Gasteiger partial charge < -0.3 is 20.4 Å². The number of hydrogen-bond donors (Lipinski definition) is 2. The molecule has 2 saturated heterocycles. The van der Waals surface area contributed by atoms with Crippen LogP contribution in [0.3, 0.4) is 0 Å². The van der Waals surface area contributed by atoms with Gasteiger partial charge in [0.2, 0.25) is 11.8 Å². The highest BCUT2D eigenvalue weighted by Crippen LogP contribution is 2.28. The number of nitrogens with zero attached hydrogens (tertiary/aromatic N) is 2. The molecule has 0 spiro atoms. The van der Waals surface area contributed by atoms with Crippen molar-refractivity contribution in [1.82, 2.24) is 15.5 Å². The van der Waals surface area contributed by atoms with Crippen molar-refractivity contribution >= 4 is 35.1 Å². The number of carbonyl (C=O) groups excluding carboxylic acids is 3. The largest absolute Gasteiger partial charge is 0.342 e. The average molecular weight is 447 g/mol. The van der Waals surface area contributed by atoms with Crippen LogP contribution in [0.2, 0.25) is 5.02 Å². The van der Waals surface area contributed by atoms with Crippen LogP contribution in [-0.4, -0.2) is 54.5 Å². The van der Waals surface area contributed by atoms with Crippen LogP contribution in [0.1, 0.15) is 51.4 Å². The smallest absolute Gasteiger partial charge is 0.315 e. The number of urea groups is 1. The van der Waals surface area contributed by atoms with E-state index in [1.807, 2.05) is 12.1 Å². The van der Waals surface area contributed by atoms with E-state index in [0.29, 0.717) is 43.9 Å². The van der Waals surface area contributed by atoms with E-state index in [4.69, 9.17) is 11.6 Å². The van der Waals surface area contributed by atoms with Gasteiger partial charge in [0.1, 0.15) is 5.92 Å². The molecule has 168 valence electrons. The Morgan fingerprint density at radius 1 is 0.839 bits per heavy atom. The number of anilines is 1. The number of amides is 4. The van der Waals surface area contributed by atoms with E-state index in [2.05, 4.69) is 10.6 Å². The number of hydrogen-bond acceptors (Lipinski definition) is 3. The molecule has 31 heavy (non-hydrogen) atoms. The summed E-state index contributed by atoms with van der Waals surface area (Å²) in [4.78, 5) is 41.6. The lowest BCUT2D eigenvalue weighted by atomic mass is 9.96. The molecule has 1 saturated carbocycles. The molecule has 8 heteroatoms. The Balaban J connectivity index is 1.24. The van der Waals surface area contributed by atoms with Crippen LogP contribution in [0.4, 0.5) is 10.5 Å². The molecule has 3 aliphatic rings. The summed E-state index contributed by atoms with van der Waals surface area (Å²) in [7, 11) is 0. The van der Waals surface area contributed by atoms with Crippen molar-refractivity contribution in [3.8, 4) is 0 Å². The molecular formula is C23H31ClN4O3. The quantitative estimate of drug-likeness (QED) is 0.696. The van der Waals surface area contributed by atoms with Gasteiger partial charge in [0.05, 0.1) is 0 Å². The number of nitrogens with one attached hydrogen (secondary N) is 2. The molecule has 4 rings (SSSR count). The zero-order valence-corrected chi connectivity index (χ0v) is 18.6. The summed E-state index contributed by atoms with van der Waals surface area (Å²) in [6, 6.07) is 7.37. The van der Waals surface area contributed by atoms with Gasteiger partial charge in [-0.15, -0.1) is 0 Å². The first-order valence-electron chi connectivity index (χ1n) is 11.4. The number of halogens is 1. The van der Waals surface area contributed by atoms with Crippen LogP contribution >= 0.6 is 11.6 Å². The predicted molar refractivity (Wildman–Crippen MR) is 120 cm³/mol. The zero-order chi connectivity index (χ0) is 21.8. The summed E-state index contributed by atoms with van der Waals surface area (Å²) in [6.45, 7) is 1.67. The molecule has 3 fully saturated rings. The Bertz CT molecular complexity index is 802. The van der Waals surface area contributed by atoms with Gasteiger partial charge in [0.25, 0.3) is 0 Å². The van der Waals surface area contributed by atoms with Crippen molar-refractivity contribution in [1.29, 1.82) is 0 Å². The highest BCUT2D eigenvalue weighted by molar-refractivity contribution is 6.30. The lowest BCUT2D eigenvalue weighted by molar-refractivity contribution is -0.140. The molecule has 1 atom stereocenters. The SMILES string of the molecule is O=C(NC1CCCCC1)NC1CCN(C(=O)C2CCN(c3ccc(Cl)cc3)C2=O)CC1. The van der Waals surface area contributed by atoms with E-state index in [1.54, 1.807) is 21.9 Å². The van der Waals surface area contributed by atoms with Gasteiger partial charge in [-0.25, -0.2) is 4.79 Å². The van der Waals surface area contributed by atoms with Crippen molar-refractivity contribution in [3.63, 3.8) is 0 Å². The van der Waals surface area contributed by atoms with Crippen LogP contribution in [0.25, 0.3) is 0 Å². The summed E-state index contributed by atoms with van der Waals surface area (Å²) < 4.78 is 0. The van der Waals surface area contributed by atoms with Gasteiger partial charge in [-0.05, 0) is 56.4 Å². The van der Waals surface area contributed by atoms with Crippen LogP contribution in [-0.2, 0) is 9.59 Å². The first-order valence-corrected chi connectivity index (χ1v) is 11.8. The Labute approximate surface area is 188 Å². The molecule has 0 aromatic heterocycles. The van der Waals surface area contributed by atoms with Gasteiger partial charge in [-0.3, -0.25) is 9.59 Å². The number of benzene rings is 1. The summed E-state index contributed by atoms with van der Waals surface area (Å²) in [5.41, 5.74) is 0.775. The molecule has 7 nitrogen and oxygen atoms in total. The Hall–Kier alpha value is -2.28. The minimum absolute atomic E-state index is 0.0671. The lowest BCUT2D eigenvalue weighted by Gasteiger charge is -2.34. The molecule has 2 aliphatic heterocycles. The lowest BCUT2D eigenvalue weighted by Crippen LogP contribution is -2.52. The molecule has 2 N–H and O–H groups in total. The van der Waals surface area contributed by atoms with Gasteiger partial charge in [-0.2, -0.15) is 0 Å². The third kappa shape index (κ3) is 5.32. The molecule has 0 radical (unpaired) electrons. The predicted octanol–water partition coefficient (Wildman–Crippen LogP) is 3.32. The van der Waals surface area contributed by atoms with Gasteiger partial charge in [0, 0.05) is 42.4 Å². The van der Waals surface area contributed by atoms with Crippen molar-refractivity contribution in [2.75, 3.05) is 24.5 Å². The van der Waals surface area contributed by atoms with Gasteiger partial charge >= 0.3 is 6.03 Å². The maximum atomic E-state index is 13.0. The van der Waals surface area contributed by atoms with E-state index < -0.39 is 5.92 Å². The fourth-order valence-corrected chi connectivity index (χ4v) is 5.04. The first-order chi connectivity index (χ1) is 15.0. The van der Waals surface area contributed by atoms with E-state index in [-0.39, 0.29) is 29.9 Å². The molecular weight excluding hydrogens is 416 g/mol. The maximum absolute atomic E-state index is 13.0. The number of piperidine rings is 1. The summed E-state index contributed by atoms with van der Waals surface area (Å²) in [5.74, 6) is -0.846. The van der Waals surface area contributed by atoms with E-state index in [0.717, 1.165) is 18.5 Å². The third-order valence-electron chi connectivity index (χ3n) is 6.72. The van der Waals surface area contributed by atoms with Crippen LogP contribution in [0, 0.1) is 5.92 Å². The Morgan fingerprint density at radius 2 is 1.45 bits per heavy atom. The van der Waals surface area contributed by atoms with Crippen molar-refractivity contribution < 1.29 is 14.4 Å². The van der Waals surface area contributed by atoms with Gasteiger partial charge in [-0.1, -0.05) is 30.9 Å². The number of carbonyl (C=O) groups is 3. The minimum atomic E-state index is -0.616. The highest BCUT2D eigenvalue weighted by Gasteiger charge is 2.40. The van der Waals surface area contributed by atoms with E-state index in [9.17, 15) is 14.4 Å².